The second kappa shape index (κ2) is 10.3. The predicted molar refractivity (Wildman–Crippen MR) is 115 cm³/mol. The Labute approximate surface area is 174 Å². The molecule has 2 aromatic heterocycles. The van der Waals surface area contributed by atoms with Gasteiger partial charge in [0.25, 0.3) is 0 Å². The average Bonchev–Trinajstić information content (AvgIpc) is 2.77. The molecular weight excluding hydrogens is 386 g/mol. The summed E-state index contributed by atoms with van der Waals surface area (Å²) in [6, 6.07) is 14.8. The third-order valence-corrected chi connectivity index (χ3v) is 5.01. The number of hydrogen-bond acceptors (Lipinski definition) is 6. The van der Waals surface area contributed by atoms with Crippen LogP contribution in [0, 0.1) is 0 Å². The molecule has 7 heteroatoms. The van der Waals surface area contributed by atoms with E-state index < -0.39 is 0 Å². The molecule has 0 atom stereocenters. The van der Waals surface area contributed by atoms with Gasteiger partial charge in [-0.1, -0.05) is 17.8 Å². The molecule has 0 saturated heterocycles. The number of methoxy groups -OCH3 is 2. The Morgan fingerprint density at radius 2 is 1.93 bits per heavy atom. The first-order valence-electron chi connectivity index (χ1n) is 8.88. The zero-order chi connectivity index (χ0) is 20.5. The van der Waals surface area contributed by atoms with Crippen molar-refractivity contribution in [3.63, 3.8) is 0 Å². The molecule has 0 aliphatic carbocycles. The van der Waals surface area contributed by atoms with Crippen molar-refractivity contribution in [2.75, 3.05) is 19.5 Å². The number of aromatic nitrogens is 2. The topological polar surface area (TPSA) is 73.3 Å². The fourth-order valence-electron chi connectivity index (χ4n) is 2.52. The monoisotopic (exact) mass is 407 g/mol. The Bertz CT molecular complexity index is 994. The lowest BCUT2D eigenvalue weighted by Crippen LogP contribution is -2.09. The van der Waals surface area contributed by atoms with Crippen LogP contribution in [0.25, 0.3) is 6.08 Å². The summed E-state index contributed by atoms with van der Waals surface area (Å²) in [4.78, 5) is 21.1. The number of hydrogen-bond donors (Lipinski definition) is 1. The van der Waals surface area contributed by atoms with Gasteiger partial charge in [0.2, 0.25) is 5.91 Å². The van der Waals surface area contributed by atoms with E-state index in [0.29, 0.717) is 22.9 Å². The van der Waals surface area contributed by atoms with Gasteiger partial charge in [-0.3, -0.25) is 9.78 Å². The van der Waals surface area contributed by atoms with Crippen molar-refractivity contribution in [3.05, 3.63) is 78.3 Å². The number of anilines is 1. The van der Waals surface area contributed by atoms with Crippen LogP contribution in [0.3, 0.4) is 0 Å². The number of carbonyl (C=O) groups is 1. The largest absolute Gasteiger partial charge is 0.497 e. The van der Waals surface area contributed by atoms with Crippen molar-refractivity contribution in [2.24, 2.45) is 0 Å². The minimum Gasteiger partial charge on any atom is -0.497 e. The normalized spacial score (nSPS) is 10.7. The molecule has 1 amide bonds. The first-order valence-corrected chi connectivity index (χ1v) is 9.87. The lowest BCUT2D eigenvalue weighted by atomic mass is 10.1. The van der Waals surface area contributed by atoms with Crippen molar-refractivity contribution in [2.45, 2.75) is 10.8 Å². The van der Waals surface area contributed by atoms with Crippen molar-refractivity contribution in [1.82, 2.24) is 9.97 Å². The number of pyridine rings is 2. The average molecular weight is 407 g/mol. The molecular formula is C22H21N3O3S. The molecule has 0 spiro atoms. The summed E-state index contributed by atoms with van der Waals surface area (Å²) in [5.41, 5.74) is 2.39. The lowest BCUT2D eigenvalue weighted by molar-refractivity contribution is -0.111. The number of rotatable bonds is 8. The third kappa shape index (κ3) is 5.83. The van der Waals surface area contributed by atoms with Gasteiger partial charge in [0.05, 0.1) is 25.6 Å². The van der Waals surface area contributed by atoms with Crippen LogP contribution in [0.4, 0.5) is 5.69 Å². The van der Waals surface area contributed by atoms with Crippen molar-refractivity contribution >= 4 is 29.4 Å². The quantitative estimate of drug-likeness (QED) is 0.440. The Morgan fingerprint density at radius 3 is 2.69 bits per heavy atom. The summed E-state index contributed by atoms with van der Waals surface area (Å²) in [5, 5.41) is 3.62. The lowest BCUT2D eigenvalue weighted by Gasteiger charge is -2.09. The van der Waals surface area contributed by atoms with Gasteiger partial charge in [-0.05, 0) is 42.5 Å². The molecule has 0 aliphatic heterocycles. The minimum absolute atomic E-state index is 0.254. The molecule has 2 heterocycles. The maximum atomic E-state index is 12.4. The highest BCUT2D eigenvalue weighted by atomic mass is 32.2. The van der Waals surface area contributed by atoms with Crippen LogP contribution >= 0.6 is 11.8 Å². The predicted octanol–water partition coefficient (Wildman–Crippen LogP) is 4.44. The van der Waals surface area contributed by atoms with Gasteiger partial charge in [-0.2, -0.15) is 0 Å². The molecule has 0 aliphatic rings. The molecule has 1 N–H and O–H groups in total. The Kier molecular flexibility index (Phi) is 7.24. The van der Waals surface area contributed by atoms with Crippen LogP contribution in [0.5, 0.6) is 11.5 Å². The van der Waals surface area contributed by atoms with E-state index in [1.54, 1.807) is 44.8 Å². The SMILES string of the molecule is COc1ccc(C=CC(=O)Nc2cccnc2SCc2ccccn2)c(OC)c1. The molecule has 3 aromatic rings. The zero-order valence-corrected chi connectivity index (χ0v) is 17.0. The number of nitrogens with one attached hydrogen (secondary N) is 1. The van der Waals surface area contributed by atoms with Gasteiger partial charge in [0.15, 0.2) is 0 Å². The van der Waals surface area contributed by atoms with Crippen LogP contribution in [0.2, 0.25) is 0 Å². The molecule has 148 valence electrons. The summed E-state index contributed by atoms with van der Waals surface area (Å²) >= 11 is 1.52. The molecule has 29 heavy (non-hydrogen) atoms. The van der Waals surface area contributed by atoms with Gasteiger partial charge < -0.3 is 14.8 Å². The van der Waals surface area contributed by atoms with E-state index in [4.69, 9.17) is 9.47 Å². The van der Waals surface area contributed by atoms with Gasteiger partial charge in [-0.25, -0.2) is 4.98 Å². The Balaban J connectivity index is 1.67. The van der Waals surface area contributed by atoms with E-state index in [1.165, 1.54) is 17.8 Å². The fourth-order valence-corrected chi connectivity index (χ4v) is 3.39. The van der Waals surface area contributed by atoms with Crippen molar-refractivity contribution < 1.29 is 14.3 Å². The van der Waals surface area contributed by atoms with E-state index in [0.717, 1.165) is 16.3 Å². The highest BCUT2D eigenvalue weighted by Gasteiger charge is 2.08. The molecule has 0 unspecified atom stereocenters. The maximum Gasteiger partial charge on any atom is 0.248 e. The maximum absolute atomic E-state index is 12.4. The zero-order valence-electron chi connectivity index (χ0n) is 16.2. The van der Waals surface area contributed by atoms with Crippen LogP contribution in [-0.2, 0) is 10.5 Å². The molecule has 0 saturated carbocycles. The van der Waals surface area contributed by atoms with Crippen LogP contribution < -0.4 is 14.8 Å². The third-order valence-electron chi connectivity index (χ3n) is 3.97. The molecule has 0 fully saturated rings. The number of carbonyl (C=O) groups excluding carboxylic acids is 1. The summed E-state index contributed by atoms with van der Waals surface area (Å²) in [7, 11) is 3.17. The van der Waals surface area contributed by atoms with E-state index in [9.17, 15) is 4.79 Å². The molecule has 0 bridgehead atoms. The smallest absolute Gasteiger partial charge is 0.248 e. The first kappa shape index (κ1) is 20.4. The minimum atomic E-state index is -0.254. The van der Waals surface area contributed by atoms with Crippen molar-refractivity contribution in [3.8, 4) is 11.5 Å². The van der Waals surface area contributed by atoms with E-state index in [-0.39, 0.29) is 5.91 Å². The van der Waals surface area contributed by atoms with Gasteiger partial charge in [0, 0.05) is 35.9 Å². The first-order chi connectivity index (χ1) is 14.2. The molecule has 0 radical (unpaired) electrons. The Hall–Kier alpha value is -3.32. The summed E-state index contributed by atoms with van der Waals surface area (Å²) < 4.78 is 10.5. The van der Waals surface area contributed by atoms with Crippen molar-refractivity contribution in [1.29, 1.82) is 0 Å². The second-order valence-electron chi connectivity index (χ2n) is 5.90. The number of nitrogens with zero attached hydrogens (tertiary/aromatic N) is 2. The fraction of sp³-hybridized carbons (Fsp3) is 0.136. The molecule has 1 aromatic carbocycles. The Morgan fingerprint density at radius 1 is 1.07 bits per heavy atom. The van der Waals surface area contributed by atoms with Crippen LogP contribution in [0.1, 0.15) is 11.3 Å². The van der Waals surface area contributed by atoms with Gasteiger partial charge in [-0.15, -0.1) is 0 Å². The summed E-state index contributed by atoms with van der Waals surface area (Å²) in [6.07, 6.45) is 6.62. The van der Waals surface area contributed by atoms with Gasteiger partial charge in [0.1, 0.15) is 16.5 Å². The highest BCUT2D eigenvalue weighted by molar-refractivity contribution is 7.98. The number of amides is 1. The standard InChI is InChI=1S/C22H21N3O3S/c1-27-18-10-8-16(20(14-18)28-2)9-11-21(26)25-19-7-5-13-24-22(19)29-15-17-6-3-4-12-23-17/h3-14H,15H2,1-2H3,(H,25,26). The number of benzene rings is 1. The molecule has 6 nitrogen and oxygen atoms in total. The van der Waals surface area contributed by atoms with Crippen LogP contribution in [0.15, 0.2) is 72.0 Å². The van der Waals surface area contributed by atoms with E-state index in [1.807, 2.05) is 36.4 Å². The number of thioether (sulfide) groups is 1. The summed E-state index contributed by atoms with van der Waals surface area (Å²) in [5.74, 6) is 1.73. The second-order valence-corrected chi connectivity index (χ2v) is 6.86. The van der Waals surface area contributed by atoms with Crippen LogP contribution in [-0.4, -0.2) is 30.1 Å². The number of ether oxygens (including phenoxy) is 2. The van der Waals surface area contributed by atoms with E-state index >= 15 is 0 Å². The highest BCUT2D eigenvalue weighted by Crippen LogP contribution is 2.28. The van der Waals surface area contributed by atoms with E-state index in [2.05, 4.69) is 15.3 Å². The summed E-state index contributed by atoms with van der Waals surface area (Å²) in [6.45, 7) is 0. The van der Waals surface area contributed by atoms with Gasteiger partial charge >= 0.3 is 0 Å². The molecule has 3 rings (SSSR count).